The highest BCUT2D eigenvalue weighted by Gasteiger charge is 2.12. The first-order valence-corrected chi connectivity index (χ1v) is 6.45. The molecule has 1 aromatic rings. The van der Waals surface area contributed by atoms with Crippen LogP contribution < -0.4 is 10.6 Å². The standard InChI is InChI=1S/C14H20N2O3/c1-3-9-15-13(17)10-16-12-8-6-5-7-11(12)14(18)19-4-2/h5-8,16H,3-4,9-10H2,1-2H3,(H,15,17). The zero-order chi connectivity index (χ0) is 14.1. The number of ether oxygens (including phenoxy) is 1. The van der Waals surface area contributed by atoms with Gasteiger partial charge in [0.15, 0.2) is 0 Å². The van der Waals surface area contributed by atoms with Gasteiger partial charge in [0.05, 0.1) is 18.7 Å². The van der Waals surface area contributed by atoms with E-state index in [0.717, 1.165) is 6.42 Å². The van der Waals surface area contributed by atoms with Crippen molar-refractivity contribution in [2.24, 2.45) is 0 Å². The van der Waals surface area contributed by atoms with Crippen LogP contribution >= 0.6 is 0 Å². The topological polar surface area (TPSA) is 67.4 Å². The minimum atomic E-state index is -0.389. The molecule has 1 rings (SSSR count). The predicted octanol–water partition coefficient (Wildman–Crippen LogP) is 1.80. The van der Waals surface area contributed by atoms with Gasteiger partial charge in [0.2, 0.25) is 5.91 Å². The first-order valence-electron chi connectivity index (χ1n) is 6.45. The number of hydrogen-bond donors (Lipinski definition) is 2. The third-order valence-electron chi connectivity index (χ3n) is 2.43. The summed E-state index contributed by atoms with van der Waals surface area (Å²) < 4.78 is 4.96. The Labute approximate surface area is 113 Å². The third-order valence-corrected chi connectivity index (χ3v) is 2.43. The second-order valence-electron chi connectivity index (χ2n) is 3.97. The Kier molecular flexibility index (Phi) is 6.43. The van der Waals surface area contributed by atoms with E-state index in [1.165, 1.54) is 0 Å². The van der Waals surface area contributed by atoms with Gasteiger partial charge in [-0.1, -0.05) is 19.1 Å². The fourth-order valence-corrected chi connectivity index (χ4v) is 1.53. The molecule has 104 valence electrons. The molecule has 5 nitrogen and oxygen atoms in total. The molecule has 19 heavy (non-hydrogen) atoms. The molecular formula is C14H20N2O3. The van der Waals surface area contributed by atoms with Crippen molar-refractivity contribution in [3.05, 3.63) is 29.8 Å². The summed E-state index contributed by atoms with van der Waals surface area (Å²) in [5, 5.41) is 5.71. The summed E-state index contributed by atoms with van der Waals surface area (Å²) in [5.74, 6) is -0.486. The van der Waals surface area contributed by atoms with Crippen LogP contribution in [0.2, 0.25) is 0 Å². The number of rotatable bonds is 7. The molecule has 0 saturated heterocycles. The molecule has 0 radical (unpaired) electrons. The zero-order valence-electron chi connectivity index (χ0n) is 11.4. The van der Waals surface area contributed by atoms with Crippen molar-refractivity contribution >= 4 is 17.6 Å². The molecule has 0 aliphatic rings. The van der Waals surface area contributed by atoms with Gasteiger partial charge in [-0.2, -0.15) is 0 Å². The highest BCUT2D eigenvalue weighted by Crippen LogP contribution is 2.15. The molecule has 0 aliphatic carbocycles. The Balaban J connectivity index is 2.62. The summed E-state index contributed by atoms with van der Waals surface area (Å²) in [4.78, 5) is 23.2. The van der Waals surface area contributed by atoms with Crippen molar-refractivity contribution in [1.82, 2.24) is 5.32 Å². The SMILES string of the molecule is CCCNC(=O)CNc1ccccc1C(=O)OCC. The molecule has 0 saturated carbocycles. The predicted molar refractivity (Wildman–Crippen MR) is 74.2 cm³/mol. The third kappa shape index (κ3) is 4.99. The lowest BCUT2D eigenvalue weighted by Gasteiger charge is -2.11. The van der Waals surface area contributed by atoms with Crippen molar-refractivity contribution in [3.63, 3.8) is 0 Å². The monoisotopic (exact) mass is 264 g/mol. The summed E-state index contributed by atoms with van der Waals surface area (Å²) in [6, 6.07) is 6.98. The second kappa shape index (κ2) is 8.13. The first-order chi connectivity index (χ1) is 9.19. The van der Waals surface area contributed by atoms with Crippen LogP contribution in [-0.2, 0) is 9.53 Å². The molecule has 5 heteroatoms. The van der Waals surface area contributed by atoms with Crippen LogP contribution in [0.3, 0.4) is 0 Å². The van der Waals surface area contributed by atoms with Crippen molar-refractivity contribution in [2.45, 2.75) is 20.3 Å². The van der Waals surface area contributed by atoms with Crippen molar-refractivity contribution in [3.8, 4) is 0 Å². The molecule has 0 heterocycles. The maximum absolute atomic E-state index is 11.7. The van der Waals surface area contributed by atoms with E-state index in [2.05, 4.69) is 10.6 Å². The molecule has 0 spiro atoms. The highest BCUT2D eigenvalue weighted by molar-refractivity contribution is 5.96. The number of carbonyl (C=O) groups is 2. The van der Waals surface area contributed by atoms with Crippen molar-refractivity contribution in [1.29, 1.82) is 0 Å². The van der Waals surface area contributed by atoms with Crippen LogP contribution in [0.4, 0.5) is 5.69 Å². The van der Waals surface area contributed by atoms with E-state index >= 15 is 0 Å². The van der Waals surface area contributed by atoms with E-state index in [1.54, 1.807) is 31.2 Å². The van der Waals surface area contributed by atoms with E-state index in [-0.39, 0.29) is 18.4 Å². The van der Waals surface area contributed by atoms with Gasteiger partial charge in [-0.25, -0.2) is 4.79 Å². The fraction of sp³-hybridized carbons (Fsp3) is 0.429. The molecule has 0 aromatic heterocycles. The number of anilines is 1. The van der Waals surface area contributed by atoms with Gasteiger partial charge in [0.1, 0.15) is 0 Å². The largest absolute Gasteiger partial charge is 0.462 e. The summed E-state index contributed by atoms with van der Waals surface area (Å²) in [7, 11) is 0. The Hall–Kier alpha value is -2.04. The Morgan fingerprint density at radius 1 is 1.21 bits per heavy atom. The quantitative estimate of drug-likeness (QED) is 0.737. The molecular weight excluding hydrogens is 244 g/mol. The molecule has 1 amide bonds. The van der Waals surface area contributed by atoms with E-state index < -0.39 is 0 Å². The highest BCUT2D eigenvalue weighted by atomic mass is 16.5. The molecule has 0 bridgehead atoms. The smallest absolute Gasteiger partial charge is 0.340 e. The van der Waals surface area contributed by atoms with Crippen LogP contribution in [-0.4, -0.2) is 31.6 Å². The Morgan fingerprint density at radius 3 is 2.63 bits per heavy atom. The molecule has 2 N–H and O–H groups in total. The average molecular weight is 264 g/mol. The maximum atomic E-state index is 11.7. The van der Waals surface area contributed by atoms with E-state index in [0.29, 0.717) is 24.4 Å². The summed E-state index contributed by atoms with van der Waals surface area (Å²) in [5.41, 5.74) is 1.04. The number of para-hydroxylation sites is 1. The number of hydrogen-bond acceptors (Lipinski definition) is 4. The minimum absolute atomic E-state index is 0.0967. The fourth-order valence-electron chi connectivity index (χ4n) is 1.53. The minimum Gasteiger partial charge on any atom is -0.462 e. The Morgan fingerprint density at radius 2 is 1.95 bits per heavy atom. The van der Waals surface area contributed by atoms with Gasteiger partial charge in [-0.05, 0) is 25.5 Å². The van der Waals surface area contributed by atoms with E-state index in [1.807, 2.05) is 6.92 Å². The van der Waals surface area contributed by atoms with Gasteiger partial charge < -0.3 is 15.4 Å². The average Bonchev–Trinajstić information content (AvgIpc) is 2.43. The number of amides is 1. The second-order valence-corrected chi connectivity index (χ2v) is 3.97. The molecule has 0 unspecified atom stereocenters. The van der Waals surface area contributed by atoms with Crippen molar-refractivity contribution in [2.75, 3.05) is 25.0 Å². The van der Waals surface area contributed by atoms with Gasteiger partial charge in [0.25, 0.3) is 0 Å². The molecule has 0 fully saturated rings. The van der Waals surface area contributed by atoms with Gasteiger partial charge >= 0.3 is 5.97 Å². The number of benzene rings is 1. The summed E-state index contributed by atoms with van der Waals surface area (Å²) in [6.45, 7) is 4.86. The summed E-state index contributed by atoms with van der Waals surface area (Å²) in [6.07, 6.45) is 0.894. The number of esters is 1. The first kappa shape index (κ1) is 15.0. The van der Waals surface area contributed by atoms with E-state index in [4.69, 9.17) is 4.74 Å². The number of nitrogens with one attached hydrogen (secondary N) is 2. The van der Waals surface area contributed by atoms with Crippen LogP contribution in [0.5, 0.6) is 0 Å². The van der Waals surface area contributed by atoms with Crippen LogP contribution in [0, 0.1) is 0 Å². The van der Waals surface area contributed by atoms with Crippen LogP contribution in [0.15, 0.2) is 24.3 Å². The van der Waals surface area contributed by atoms with Crippen LogP contribution in [0.1, 0.15) is 30.6 Å². The lowest BCUT2D eigenvalue weighted by Crippen LogP contribution is -2.30. The molecule has 0 aliphatic heterocycles. The lowest BCUT2D eigenvalue weighted by molar-refractivity contribution is -0.119. The lowest BCUT2D eigenvalue weighted by atomic mass is 10.2. The maximum Gasteiger partial charge on any atom is 0.340 e. The molecule has 1 aromatic carbocycles. The van der Waals surface area contributed by atoms with Gasteiger partial charge in [-0.3, -0.25) is 4.79 Å². The van der Waals surface area contributed by atoms with Crippen molar-refractivity contribution < 1.29 is 14.3 Å². The number of carbonyl (C=O) groups excluding carboxylic acids is 2. The normalized spacial score (nSPS) is 9.79. The van der Waals surface area contributed by atoms with Gasteiger partial charge in [-0.15, -0.1) is 0 Å². The molecule has 0 atom stereocenters. The summed E-state index contributed by atoms with van der Waals surface area (Å²) >= 11 is 0. The van der Waals surface area contributed by atoms with Gasteiger partial charge in [0, 0.05) is 12.2 Å². The van der Waals surface area contributed by atoms with E-state index in [9.17, 15) is 9.59 Å². The zero-order valence-corrected chi connectivity index (χ0v) is 11.4. The Bertz CT molecular complexity index is 432. The van der Waals surface area contributed by atoms with Crippen LogP contribution in [0.25, 0.3) is 0 Å².